The van der Waals surface area contributed by atoms with Gasteiger partial charge < -0.3 is 0 Å². The average molecular weight is 422 g/mol. The molecule has 1 unspecified atom stereocenters. The van der Waals surface area contributed by atoms with Crippen LogP contribution in [-0.4, -0.2) is 39.0 Å². The Morgan fingerprint density at radius 1 is 1.04 bits per heavy atom. The summed E-state index contributed by atoms with van der Waals surface area (Å²) in [4.78, 5) is 0. The molecule has 9 heteroatoms. The van der Waals surface area contributed by atoms with E-state index < -0.39 is 26.1 Å². The minimum Gasteiger partial charge on any atom is -0.284 e. The lowest BCUT2D eigenvalue weighted by atomic mass is 9.98. The van der Waals surface area contributed by atoms with E-state index in [-0.39, 0.29) is 5.75 Å². The van der Waals surface area contributed by atoms with E-state index in [1.807, 2.05) is 31.2 Å². The van der Waals surface area contributed by atoms with Gasteiger partial charge in [-0.15, -0.1) is 0 Å². The zero-order valence-electron chi connectivity index (χ0n) is 16.0. The third-order valence-electron chi connectivity index (χ3n) is 4.55. The maximum absolute atomic E-state index is 12.2. The summed E-state index contributed by atoms with van der Waals surface area (Å²) in [6.07, 6.45) is 1.58. The van der Waals surface area contributed by atoms with Crippen LogP contribution in [0.2, 0.25) is 0 Å². The number of rotatable bonds is 6. The number of benzene rings is 2. The van der Waals surface area contributed by atoms with Crippen molar-refractivity contribution < 1.29 is 16.8 Å². The predicted molar refractivity (Wildman–Crippen MR) is 111 cm³/mol. The Labute approximate surface area is 166 Å². The Morgan fingerprint density at radius 3 is 2.18 bits per heavy atom. The van der Waals surface area contributed by atoms with E-state index in [1.54, 1.807) is 31.2 Å². The van der Waals surface area contributed by atoms with Gasteiger partial charge in [0, 0.05) is 12.1 Å². The Bertz CT molecular complexity index is 1090. The maximum Gasteiger partial charge on any atom is 0.247 e. The first-order chi connectivity index (χ1) is 13.1. The fourth-order valence-corrected chi connectivity index (χ4v) is 4.53. The predicted octanol–water partition coefficient (Wildman–Crippen LogP) is 2.87. The number of hydrogen-bond acceptors (Lipinski definition) is 5. The van der Waals surface area contributed by atoms with E-state index in [1.165, 1.54) is 0 Å². The molecule has 1 heterocycles. The van der Waals surface area contributed by atoms with Crippen molar-refractivity contribution in [1.29, 1.82) is 0 Å². The summed E-state index contributed by atoms with van der Waals surface area (Å²) >= 11 is 0. The molecule has 1 aliphatic rings. The first-order valence-corrected chi connectivity index (χ1v) is 12.3. The maximum atomic E-state index is 12.2. The van der Waals surface area contributed by atoms with Gasteiger partial charge in [0.2, 0.25) is 20.0 Å². The Morgan fingerprint density at radius 2 is 1.64 bits per heavy atom. The first kappa shape index (κ1) is 20.3. The molecule has 0 spiro atoms. The number of hydrogen-bond donors (Lipinski definition) is 1. The van der Waals surface area contributed by atoms with E-state index in [9.17, 15) is 16.8 Å². The van der Waals surface area contributed by atoms with Crippen LogP contribution in [0, 0.1) is 6.92 Å². The second-order valence-electron chi connectivity index (χ2n) is 6.80. The topological polar surface area (TPSA) is 95.9 Å². The van der Waals surface area contributed by atoms with Crippen LogP contribution in [0.4, 0.5) is 5.69 Å². The van der Waals surface area contributed by atoms with Crippen molar-refractivity contribution in [2.45, 2.75) is 26.3 Å². The molecular formula is C19H23N3O4S2. The third-order valence-corrected chi connectivity index (χ3v) is 6.87. The summed E-state index contributed by atoms with van der Waals surface area (Å²) in [6.45, 7) is 3.54. The molecule has 0 aromatic heterocycles. The fourth-order valence-electron chi connectivity index (χ4n) is 2.99. The van der Waals surface area contributed by atoms with Gasteiger partial charge in [-0.2, -0.15) is 9.52 Å². The Balaban J connectivity index is 1.89. The summed E-state index contributed by atoms with van der Waals surface area (Å²) in [6, 6.07) is 14.1. The third kappa shape index (κ3) is 4.53. The Hall–Kier alpha value is -2.39. The molecule has 0 bridgehead atoms. The molecule has 1 aliphatic heterocycles. The number of nitrogens with zero attached hydrogens (tertiary/aromatic N) is 2. The lowest BCUT2D eigenvalue weighted by molar-refractivity contribution is 0.375. The zero-order valence-corrected chi connectivity index (χ0v) is 17.6. The number of nitrogens with one attached hydrogen (secondary N) is 1. The second-order valence-corrected chi connectivity index (χ2v) is 10.6. The number of sulfonamides is 2. The van der Waals surface area contributed by atoms with Crippen LogP contribution in [0.15, 0.2) is 53.6 Å². The molecule has 7 nitrogen and oxygen atoms in total. The van der Waals surface area contributed by atoms with Gasteiger partial charge in [-0.25, -0.2) is 16.8 Å². The minimum absolute atomic E-state index is 0.0109. The van der Waals surface area contributed by atoms with Crippen molar-refractivity contribution in [2.75, 3.05) is 16.7 Å². The van der Waals surface area contributed by atoms with Gasteiger partial charge in [0.05, 0.1) is 23.8 Å². The molecule has 0 aliphatic carbocycles. The molecule has 0 saturated carbocycles. The van der Waals surface area contributed by atoms with Crippen molar-refractivity contribution in [3.63, 3.8) is 0 Å². The molecule has 2 aromatic carbocycles. The van der Waals surface area contributed by atoms with E-state index >= 15 is 0 Å². The molecule has 2 aromatic rings. The van der Waals surface area contributed by atoms with E-state index in [0.29, 0.717) is 17.8 Å². The van der Waals surface area contributed by atoms with Gasteiger partial charge in [0.1, 0.15) is 0 Å². The quantitative estimate of drug-likeness (QED) is 0.776. The minimum atomic E-state index is -3.53. The van der Waals surface area contributed by atoms with Crippen molar-refractivity contribution >= 4 is 31.4 Å². The highest BCUT2D eigenvalue weighted by atomic mass is 32.2. The molecule has 0 saturated heterocycles. The molecular weight excluding hydrogens is 398 g/mol. The lowest BCUT2D eigenvalue weighted by Gasteiger charge is -2.21. The SMILES string of the molecule is CCS(=O)(=O)Nc1ccc(C2=NN(S(C)(=O)=O)C(c3ccc(C)cc3)C2)cc1. The van der Waals surface area contributed by atoms with Crippen LogP contribution in [0.3, 0.4) is 0 Å². The van der Waals surface area contributed by atoms with Gasteiger partial charge in [0.25, 0.3) is 0 Å². The van der Waals surface area contributed by atoms with Crippen molar-refractivity contribution in [3.05, 3.63) is 65.2 Å². The first-order valence-electron chi connectivity index (χ1n) is 8.83. The molecule has 1 N–H and O–H groups in total. The largest absolute Gasteiger partial charge is 0.284 e. The number of anilines is 1. The molecule has 0 radical (unpaired) electrons. The Kier molecular flexibility index (Phi) is 5.49. The normalized spacial score (nSPS) is 17.5. The molecule has 0 fully saturated rings. The van der Waals surface area contributed by atoms with E-state index in [0.717, 1.165) is 27.4 Å². The van der Waals surface area contributed by atoms with Crippen LogP contribution in [0.1, 0.15) is 36.1 Å². The van der Waals surface area contributed by atoms with Gasteiger partial charge >= 0.3 is 0 Å². The highest BCUT2D eigenvalue weighted by Crippen LogP contribution is 2.34. The van der Waals surface area contributed by atoms with Crippen LogP contribution >= 0.6 is 0 Å². The zero-order chi connectivity index (χ0) is 20.5. The number of aryl methyl sites for hydroxylation is 1. The van der Waals surface area contributed by atoms with Crippen molar-refractivity contribution in [2.24, 2.45) is 5.10 Å². The summed E-state index contributed by atoms with van der Waals surface area (Å²) in [7, 11) is -6.88. The summed E-state index contributed by atoms with van der Waals surface area (Å²) < 4.78 is 51.5. The van der Waals surface area contributed by atoms with E-state index in [2.05, 4.69) is 9.82 Å². The van der Waals surface area contributed by atoms with Gasteiger partial charge in [-0.1, -0.05) is 42.0 Å². The van der Waals surface area contributed by atoms with Gasteiger partial charge in [-0.05, 0) is 37.1 Å². The van der Waals surface area contributed by atoms with Crippen LogP contribution in [0.25, 0.3) is 0 Å². The van der Waals surface area contributed by atoms with Gasteiger partial charge in [-0.3, -0.25) is 4.72 Å². The molecule has 28 heavy (non-hydrogen) atoms. The summed E-state index contributed by atoms with van der Waals surface area (Å²) in [5.74, 6) is -0.0109. The molecule has 0 amide bonds. The van der Waals surface area contributed by atoms with E-state index in [4.69, 9.17) is 0 Å². The molecule has 1 atom stereocenters. The summed E-state index contributed by atoms with van der Waals surface area (Å²) in [5, 5.41) is 4.35. The van der Waals surface area contributed by atoms with Crippen molar-refractivity contribution in [3.8, 4) is 0 Å². The van der Waals surface area contributed by atoms with Crippen LogP contribution in [-0.2, 0) is 20.0 Å². The summed E-state index contributed by atoms with van der Waals surface area (Å²) in [5.41, 5.74) is 3.82. The van der Waals surface area contributed by atoms with Crippen LogP contribution < -0.4 is 4.72 Å². The van der Waals surface area contributed by atoms with Crippen molar-refractivity contribution in [1.82, 2.24) is 4.41 Å². The number of hydrazone groups is 1. The monoisotopic (exact) mass is 421 g/mol. The van der Waals surface area contributed by atoms with Crippen LogP contribution in [0.5, 0.6) is 0 Å². The standard InChI is InChI=1S/C19H23N3O4S2/c1-4-28(25,26)21-17-11-9-15(10-12-17)18-13-19(22(20-18)27(3,23)24)16-7-5-14(2)6-8-16/h5-12,19,21H,4,13H2,1-3H3. The molecule has 150 valence electrons. The highest BCUT2D eigenvalue weighted by molar-refractivity contribution is 7.92. The smallest absolute Gasteiger partial charge is 0.247 e. The fraction of sp³-hybridized carbons (Fsp3) is 0.316. The highest BCUT2D eigenvalue weighted by Gasteiger charge is 2.34. The van der Waals surface area contributed by atoms with Gasteiger partial charge in [0.15, 0.2) is 0 Å². The lowest BCUT2D eigenvalue weighted by Crippen LogP contribution is -2.25. The average Bonchev–Trinajstić information content (AvgIpc) is 3.08. The molecule has 3 rings (SSSR count). The second kappa shape index (κ2) is 7.56.